The molecule has 0 aliphatic rings. The van der Waals surface area contributed by atoms with Crippen molar-refractivity contribution in [1.82, 2.24) is 0 Å². The van der Waals surface area contributed by atoms with Gasteiger partial charge in [0.2, 0.25) is 5.12 Å². The van der Waals surface area contributed by atoms with Crippen LogP contribution < -0.4 is 4.74 Å². The van der Waals surface area contributed by atoms with Gasteiger partial charge in [0.15, 0.2) is 0 Å². The van der Waals surface area contributed by atoms with Crippen molar-refractivity contribution in [2.45, 2.75) is 43.3 Å². The number of carbonyl (C=O) groups excluding carboxylic acids is 1. The molecule has 4 nitrogen and oxygen atoms in total. The van der Waals surface area contributed by atoms with Crippen LogP contribution in [-0.4, -0.2) is 30.0 Å². The summed E-state index contributed by atoms with van der Waals surface area (Å²) in [4.78, 5) is 12.8. The molecule has 150 valence electrons. The molecule has 0 radical (unpaired) electrons. The fourth-order valence-corrected chi connectivity index (χ4v) is 3.25. The second-order valence-corrected chi connectivity index (χ2v) is 7.49. The summed E-state index contributed by atoms with van der Waals surface area (Å²) in [5.41, 5.74) is 1.08. The molecular formula is C23H28O4S. The van der Waals surface area contributed by atoms with Gasteiger partial charge in [-0.15, -0.1) is 0 Å². The lowest BCUT2D eigenvalue weighted by molar-refractivity contribution is -0.107. The molecule has 28 heavy (non-hydrogen) atoms. The summed E-state index contributed by atoms with van der Waals surface area (Å²) in [6.45, 7) is 1.05. The maximum atomic E-state index is 11.8. The molecule has 0 aliphatic heterocycles. The lowest BCUT2D eigenvalue weighted by atomic mass is 10.1. The van der Waals surface area contributed by atoms with Gasteiger partial charge >= 0.3 is 0 Å². The van der Waals surface area contributed by atoms with Gasteiger partial charge in [-0.1, -0.05) is 36.4 Å². The molecule has 1 unspecified atom stereocenters. The summed E-state index contributed by atoms with van der Waals surface area (Å²) in [5, 5.41) is 10.1. The number of aliphatic hydroxyl groups excluding tert-OH is 1. The summed E-state index contributed by atoms with van der Waals surface area (Å²) < 4.78 is 10.7. The minimum atomic E-state index is -0.376. The molecule has 0 bridgehead atoms. The fraction of sp³-hybridized carbons (Fsp3) is 0.348. The van der Waals surface area contributed by atoms with E-state index < -0.39 is 0 Å². The lowest BCUT2D eigenvalue weighted by Gasteiger charge is -2.10. The Labute approximate surface area is 171 Å². The van der Waals surface area contributed by atoms with E-state index in [1.807, 2.05) is 60.7 Å². The second kappa shape index (κ2) is 13.2. The van der Waals surface area contributed by atoms with E-state index in [-0.39, 0.29) is 11.2 Å². The normalized spacial score (nSPS) is 12.2. The predicted molar refractivity (Wildman–Crippen MR) is 114 cm³/mol. The van der Waals surface area contributed by atoms with E-state index in [0.29, 0.717) is 26.1 Å². The molecule has 0 fully saturated rings. The highest BCUT2D eigenvalue weighted by Crippen LogP contribution is 2.18. The van der Waals surface area contributed by atoms with E-state index in [1.54, 1.807) is 13.2 Å². The van der Waals surface area contributed by atoms with E-state index >= 15 is 0 Å². The minimum absolute atomic E-state index is 0.0266. The Morgan fingerprint density at radius 1 is 1.11 bits per heavy atom. The largest absolute Gasteiger partial charge is 0.497 e. The van der Waals surface area contributed by atoms with Gasteiger partial charge in [-0.25, -0.2) is 0 Å². The summed E-state index contributed by atoms with van der Waals surface area (Å²) in [7, 11) is 1.64. The van der Waals surface area contributed by atoms with Crippen LogP contribution in [0.1, 0.15) is 31.2 Å². The lowest BCUT2D eigenvalue weighted by Crippen LogP contribution is -2.10. The number of ether oxygens (including phenoxy) is 2. The Morgan fingerprint density at radius 3 is 2.57 bits per heavy atom. The summed E-state index contributed by atoms with van der Waals surface area (Å²) in [6, 6.07) is 17.4. The first-order valence-electron chi connectivity index (χ1n) is 9.49. The van der Waals surface area contributed by atoms with E-state index in [1.165, 1.54) is 11.8 Å². The third kappa shape index (κ3) is 9.22. The zero-order chi connectivity index (χ0) is 20.0. The molecule has 2 aromatic carbocycles. The number of hydrogen-bond donors (Lipinski definition) is 1. The van der Waals surface area contributed by atoms with Gasteiger partial charge < -0.3 is 14.6 Å². The molecule has 1 atom stereocenters. The van der Waals surface area contributed by atoms with Gasteiger partial charge in [-0.05, 0) is 73.4 Å². The first-order chi connectivity index (χ1) is 13.7. The van der Waals surface area contributed by atoms with Gasteiger partial charge in [-0.2, -0.15) is 0 Å². The van der Waals surface area contributed by atoms with E-state index in [2.05, 4.69) is 0 Å². The predicted octanol–water partition coefficient (Wildman–Crippen LogP) is 5.01. The van der Waals surface area contributed by atoms with E-state index in [4.69, 9.17) is 9.47 Å². The van der Waals surface area contributed by atoms with Crippen molar-refractivity contribution in [2.75, 3.05) is 13.7 Å². The standard InChI is InChI=1S/C23H28O4S/c1-26-21-14-12-19(13-15-21)18-27-17-16-20(24)8-4-2-7-11-23(25)28-22-9-5-3-6-10-22/h3,5-7,9-15,20,24H,2,4,8,16-18H2,1H3/b11-7+. The van der Waals surface area contributed by atoms with E-state index in [0.717, 1.165) is 29.1 Å². The molecule has 0 amide bonds. The van der Waals surface area contributed by atoms with Crippen LogP contribution in [0.25, 0.3) is 0 Å². The fourth-order valence-electron chi connectivity index (χ4n) is 2.57. The molecular weight excluding hydrogens is 372 g/mol. The average molecular weight is 401 g/mol. The maximum Gasteiger partial charge on any atom is 0.216 e. The molecule has 5 heteroatoms. The van der Waals surface area contributed by atoms with Crippen LogP contribution in [0.15, 0.2) is 71.6 Å². The van der Waals surface area contributed by atoms with Crippen LogP contribution >= 0.6 is 11.8 Å². The second-order valence-electron chi connectivity index (χ2n) is 6.41. The zero-order valence-electron chi connectivity index (χ0n) is 16.3. The van der Waals surface area contributed by atoms with Gasteiger partial charge in [0.1, 0.15) is 5.75 Å². The molecule has 0 aliphatic carbocycles. The molecule has 1 N–H and O–H groups in total. The van der Waals surface area contributed by atoms with Gasteiger partial charge in [-0.3, -0.25) is 4.79 Å². The number of unbranched alkanes of at least 4 members (excludes halogenated alkanes) is 1. The molecule has 0 saturated heterocycles. The van der Waals surface area contributed by atoms with Crippen LogP contribution in [0.3, 0.4) is 0 Å². The molecule has 0 saturated carbocycles. The monoisotopic (exact) mass is 400 g/mol. The number of benzene rings is 2. The van der Waals surface area contributed by atoms with Crippen molar-refractivity contribution in [3.8, 4) is 5.75 Å². The van der Waals surface area contributed by atoms with Crippen molar-refractivity contribution < 1.29 is 19.4 Å². The molecule has 0 aromatic heterocycles. The third-order valence-corrected chi connectivity index (χ3v) is 4.99. The Bertz CT molecular complexity index is 713. The Balaban J connectivity index is 1.51. The van der Waals surface area contributed by atoms with Crippen molar-refractivity contribution in [1.29, 1.82) is 0 Å². The highest BCUT2D eigenvalue weighted by Gasteiger charge is 2.04. The Hall–Kier alpha value is -2.08. The number of aliphatic hydroxyl groups is 1. The number of rotatable bonds is 12. The smallest absolute Gasteiger partial charge is 0.216 e. The Kier molecular flexibility index (Phi) is 10.4. The number of carbonyl (C=O) groups is 1. The third-order valence-electron chi connectivity index (χ3n) is 4.15. The number of allylic oxidation sites excluding steroid dienone is 1. The maximum absolute atomic E-state index is 11.8. The van der Waals surface area contributed by atoms with Crippen molar-refractivity contribution in [3.05, 3.63) is 72.3 Å². The molecule has 2 aromatic rings. The van der Waals surface area contributed by atoms with Crippen molar-refractivity contribution >= 4 is 16.9 Å². The zero-order valence-corrected chi connectivity index (χ0v) is 17.1. The van der Waals surface area contributed by atoms with Crippen LogP contribution in [0, 0.1) is 0 Å². The van der Waals surface area contributed by atoms with Crippen molar-refractivity contribution in [2.24, 2.45) is 0 Å². The first-order valence-corrected chi connectivity index (χ1v) is 10.3. The molecule has 2 rings (SSSR count). The SMILES string of the molecule is COc1ccc(COCCC(O)CCC/C=C/C(=O)Sc2ccccc2)cc1. The van der Waals surface area contributed by atoms with Gasteiger partial charge in [0.25, 0.3) is 0 Å². The highest BCUT2D eigenvalue weighted by molar-refractivity contribution is 8.14. The van der Waals surface area contributed by atoms with Crippen LogP contribution in [0.2, 0.25) is 0 Å². The first kappa shape index (κ1) is 22.2. The number of methoxy groups -OCH3 is 1. The quantitative estimate of drug-likeness (QED) is 0.308. The van der Waals surface area contributed by atoms with E-state index in [9.17, 15) is 9.90 Å². The van der Waals surface area contributed by atoms with Crippen LogP contribution in [0.4, 0.5) is 0 Å². The minimum Gasteiger partial charge on any atom is -0.497 e. The number of hydrogen-bond acceptors (Lipinski definition) is 5. The highest BCUT2D eigenvalue weighted by atomic mass is 32.2. The topological polar surface area (TPSA) is 55.8 Å². The number of thioether (sulfide) groups is 1. The van der Waals surface area contributed by atoms with Crippen LogP contribution in [-0.2, 0) is 16.1 Å². The molecule has 0 spiro atoms. The van der Waals surface area contributed by atoms with Crippen LogP contribution in [0.5, 0.6) is 5.75 Å². The summed E-state index contributed by atoms with van der Waals surface area (Å²) in [6.07, 6.45) is 6.06. The molecule has 0 heterocycles. The van der Waals surface area contributed by atoms with Crippen molar-refractivity contribution in [3.63, 3.8) is 0 Å². The van der Waals surface area contributed by atoms with Gasteiger partial charge in [0.05, 0.1) is 19.8 Å². The summed E-state index contributed by atoms with van der Waals surface area (Å²) >= 11 is 1.22. The Morgan fingerprint density at radius 2 is 1.86 bits per heavy atom. The van der Waals surface area contributed by atoms with Gasteiger partial charge in [0, 0.05) is 11.5 Å². The summed E-state index contributed by atoms with van der Waals surface area (Å²) in [5.74, 6) is 0.827. The average Bonchev–Trinajstić information content (AvgIpc) is 2.72.